The Bertz CT molecular complexity index is 792. The van der Waals surface area contributed by atoms with Crippen molar-refractivity contribution in [2.45, 2.75) is 0 Å². The van der Waals surface area contributed by atoms with Crippen molar-refractivity contribution in [3.63, 3.8) is 0 Å². The minimum absolute atomic E-state index is 0.00753. The second-order valence-electron chi connectivity index (χ2n) is 5.10. The summed E-state index contributed by atoms with van der Waals surface area (Å²) in [6, 6.07) is 12.7. The van der Waals surface area contributed by atoms with Gasteiger partial charge in [-0.1, -0.05) is 18.2 Å². The number of benzene rings is 2. The maximum atomic E-state index is 12.2. The molecule has 0 aromatic heterocycles. The minimum Gasteiger partial charge on any atom is -0.452 e. The van der Waals surface area contributed by atoms with Crippen molar-refractivity contribution in [3.05, 3.63) is 64.2 Å². The lowest BCUT2D eigenvalue weighted by molar-refractivity contribution is -0.384. The fraction of sp³-hybridized carbons (Fsp3) is 0.176. The molecule has 0 atom stereocenters. The molecule has 0 heterocycles. The number of non-ortho nitro benzene ring substituents is 1. The lowest BCUT2D eigenvalue weighted by atomic mass is 10.1. The molecule has 0 aliphatic rings. The van der Waals surface area contributed by atoms with Gasteiger partial charge in [0.1, 0.15) is 0 Å². The van der Waals surface area contributed by atoms with Gasteiger partial charge in [-0.15, -0.1) is 0 Å². The normalized spacial score (nSPS) is 10.0. The van der Waals surface area contributed by atoms with E-state index in [1.807, 2.05) is 6.07 Å². The second-order valence-corrected chi connectivity index (χ2v) is 5.10. The molecular weight excluding hydrogens is 326 g/mol. The maximum Gasteiger partial charge on any atom is 0.341 e. The van der Waals surface area contributed by atoms with Crippen LogP contribution in [0.25, 0.3) is 0 Å². The van der Waals surface area contributed by atoms with Gasteiger partial charge in [-0.25, -0.2) is 4.79 Å². The largest absolute Gasteiger partial charge is 0.452 e. The molecule has 0 aliphatic heterocycles. The van der Waals surface area contributed by atoms with Crippen LogP contribution in [0, 0.1) is 10.1 Å². The summed E-state index contributed by atoms with van der Waals surface area (Å²) in [5, 5.41) is 13.6. The number of para-hydroxylation sites is 1. The van der Waals surface area contributed by atoms with E-state index in [-0.39, 0.29) is 11.3 Å². The van der Waals surface area contributed by atoms with Crippen LogP contribution < -0.4 is 10.2 Å². The van der Waals surface area contributed by atoms with Gasteiger partial charge >= 0.3 is 5.97 Å². The molecule has 0 aliphatic carbocycles. The van der Waals surface area contributed by atoms with E-state index in [0.717, 1.165) is 6.07 Å². The monoisotopic (exact) mass is 343 g/mol. The van der Waals surface area contributed by atoms with Gasteiger partial charge in [0.15, 0.2) is 6.61 Å². The van der Waals surface area contributed by atoms with Gasteiger partial charge in [-0.2, -0.15) is 0 Å². The van der Waals surface area contributed by atoms with Crippen molar-refractivity contribution in [2.75, 3.05) is 30.9 Å². The van der Waals surface area contributed by atoms with Crippen LogP contribution in [-0.4, -0.2) is 37.5 Å². The predicted octanol–water partition coefficient (Wildman–Crippen LogP) is 2.46. The number of nitrogens with one attached hydrogen (secondary N) is 1. The Kier molecular flexibility index (Phi) is 5.67. The zero-order valence-corrected chi connectivity index (χ0v) is 13.8. The van der Waals surface area contributed by atoms with Gasteiger partial charge < -0.3 is 15.0 Å². The van der Waals surface area contributed by atoms with Crippen LogP contribution in [0.3, 0.4) is 0 Å². The Hall–Kier alpha value is -3.42. The molecule has 0 spiro atoms. The zero-order chi connectivity index (χ0) is 18.4. The minimum atomic E-state index is -0.817. The van der Waals surface area contributed by atoms with E-state index >= 15 is 0 Å². The highest BCUT2D eigenvalue weighted by atomic mass is 16.6. The lowest BCUT2D eigenvalue weighted by Gasteiger charge is -2.17. The van der Waals surface area contributed by atoms with Crippen molar-refractivity contribution in [2.24, 2.45) is 0 Å². The summed E-state index contributed by atoms with van der Waals surface area (Å²) in [6.07, 6.45) is 0. The Labute approximate surface area is 144 Å². The van der Waals surface area contributed by atoms with E-state index in [1.165, 1.54) is 17.0 Å². The van der Waals surface area contributed by atoms with E-state index in [0.29, 0.717) is 11.4 Å². The summed E-state index contributed by atoms with van der Waals surface area (Å²) in [7, 11) is 3.14. The van der Waals surface area contributed by atoms with Crippen molar-refractivity contribution in [1.29, 1.82) is 0 Å². The standard InChI is InChI=1S/C17H17N3O5/c1-18-15-9-8-13(20(23)24)10-14(15)17(22)25-11-16(21)19(2)12-6-4-3-5-7-12/h3-10,18H,11H2,1-2H3. The maximum absolute atomic E-state index is 12.2. The van der Waals surface area contributed by atoms with Gasteiger partial charge in [0.2, 0.25) is 0 Å². The molecule has 0 saturated carbocycles. The predicted molar refractivity (Wildman–Crippen MR) is 92.8 cm³/mol. The number of hydrogen-bond donors (Lipinski definition) is 1. The molecule has 0 bridgehead atoms. The zero-order valence-electron chi connectivity index (χ0n) is 13.8. The van der Waals surface area contributed by atoms with Crippen molar-refractivity contribution in [1.82, 2.24) is 0 Å². The molecule has 0 saturated heterocycles. The molecule has 8 nitrogen and oxygen atoms in total. The molecule has 0 unspecified atom stereocenters. The smallest absolute Gasteiger partial charge is 0.341 e. The van der Waals surface area contributed by atoms with Crippen LogP contribution in [0.1, 0.15) is 10.4 Å². The number of carbonyl (C=O) groups is 2. The summed E-state index contributed by atoms with van der Waals surface area (Å²) in [6.45, 7) is -0.476. The summed E-state index contributed by atoms with van der Waals surface area (Å²) in [4.78, 5) is 36.0. The molecule has 0 radical (unpaired) electrons. The summed E-state index contributed by atoms with van der Waals surface area (Å²) in [5.41, 5.74) is 0.791. The number of nitro groups is 1. The SMILES string of the molecule is CNc1ccc([N+](=O)[O-])cc1C(=O)OCC(=O)N(C)c1ccccc1. The van der Waals surface area contributed by atoms with Crippen LogP contribution >= 0.6 is 0 Å². The average Bonchev–Trinajstić information content (AvgIpc) is 2.65. The lowest BCUT2D eigenvalue weighted by Crippen LogP contribution is -2.31. The topological polar surface area (TPSA) is 102 Å². The number of rotatable bonds is 6. The quantitative estimate of drug-likeness (QED) is 0.491. The molecular formula is C17H17N3O5. The van der Waals surface area contributed by atoms with Crippen molar-refractivity contribution in [3.8, 4) is 0 Å². The second kappa shape index (κ2) is 7.91. The van der Waals surface area contributed by atoms with Crippen molar-refractivity contribution >= 4 is 28.9 Å². The number of anilines is 2. The molecule has 1 N–H and O–H groups in total. The molecule has 130 valence electrons. The third-order valence-corrected chi connectivity index (χ3v) is 3.55. The van der Waals surface area contributed by atoms with Crippen molar-refractivity contribution < 1.29 is 19.2 Å². The number of likely N-dealkylation sites (N-methyl/N-ethyl adjacent to an activating group) is 1. The third kappa shape index (κ3) is 4.31. The van der Waals surface area contributed by atoms with E-state index in [4.69, 9.17) is 4.74 Å². The Balaban J connectivity index is 2.08. The number of hydrogen-bond acceptors (Lipinski definition) is 6. The number of amides is 1. The molecule has 1 amide bonds. The highest BCUT2D eigenvalue weighted by Crippen LogP contribution is 2.22. The van der Waals surface area contributed by atoms with Crippen LogP contribution in [0.5, 0.6) is 0 Å². The number of ether oxygens (including phenoxy) is 1. The average molecular weight is 343 g/mol. The first-order valence-corrected chi connectivity index (χ1v) is 7.39. The highest BCUT2D eigenvalue weighted by molar-refractivity contribution is 5.99. The number of nitrogens with zero attached hydrogens (tertiary/aromatic N) is 2. The Morgan fingerprint density at radius 1 is 1.20 bits per heavy atom. The molecule has 0 fully saturated rings. The van der Waals surface area contributed by atoms with Gasteiger partial charge in [-0.3, -0.25) is 14.9 Å². The number of nitro benzene ring substituents is 1. The van der Waals surface area contributed by atoms with E-state index in [2.05, 4.69) is 5.32 Å². The first-order valence-electron chi connectivity index (χ1n) is 7.39. The van der Waals surface area contributed by atoms with E-state index in [9.17, 15) is 19.7 Å². The number of carbonyl (C=O) groups excluding carboxylic acids is 2. The molecule has 2 rings (SSSR count). The molecule has 25 heavy (non-hydrogen) atoms. The van der Waals surface area contributed by atoms with Crippen LogP contribution in [-0.2, 0) is 9.53 Å². The van der Waals surface area contributed by atoms with Crippen LogP contribution in [0.2, 0.25) is 0 Å². The van der Waals surface area contributed by atoms with E-state index < -0.39 is 23.4 Å². The molecule has 2 aromatic carbocycles. The molecule has 8 heteroatoms. The Morgan fingerprint density at radius 2 is 1.88 bits per heavy atom. The van der Waals surface area contributed by atoms with Gasteiger partial charge in [0, 0.05) is 37.6 Å². The highest BCUT2D eigenvalue weighted by Gasteiger charge is 2.19. The Morgan fingerprint density at radius 3 is 2.48 bits per heavy atom. The summed E-state index contributed by atoms with van der Waals surface area (Å²) in [5.74, 6) is -1.24. The van der Waals surface area contributed by atoms with E-state index in [1.54, 1.807) is 38.4 Å². The van der Waals surface area contributed by atoms with Gasteiger partial charge in [-0.05, 0) is 18.2 Å². The summed E-state index contributed by atoms with van der Waals surface area (Å²) < 4.78 is 5.02. The fourth-order valence-corrected chi connectivity index (χ4v) is 2.13. The number of esters is 1. The van der Waals surface area contributed by atoms with Gasteiger partial charge in [0.05, 0.1) is 10.5 Å². The van der Waals surface area contributed by atoms with Crippen LogP contribution in [0.4, 0.5) is 17.1 Å². The first-order chi connectivity index (χ1) is 11.9. The molecule has 2 aromatic rings. The first kappa shape index (κ1) is 17.9. The van der Waals surface area contributed by atoms with Crippen LogP contribution in [0.15, 0.2) is 48.5 Å². The summed E-state index contributed by atoms with van der Waals surface area (Å²) >= 11 is 0. The fourth-order valence-electron chi connectivity index (χ4n) is 2.13. The third-order valence-electron chi connectivity index (χ3n) is 3.55. The van der Waals surface area contributed by atoms with Gasteiger partial charge in [0.25, 0.3) is 11.6 Å².